The molecule has 0 amide bonds. The van der Waals surface area contributed by atoms with Crippen molar-refractivity contribution in [3.63, 3.8) is 0 Å². The SMILES string of the molecule is CC(C)(C)c1cc(C(=O)ON2CCCC2)on1. The van der Waals surface area contributed by atoms with Gasteiger partial charge in [-0.2, -0.15) is 0 Å². The van der Waals surface area contributed by atoms with Gasteiger partial charge in [0.1, 0.15) is 0 Å². The standard InChI is InChI=1S/C12H18N2O3/c1-12(2,3)10-8-9(16-13-10)11(15)17-14-6-4-5-7-14/h8H,4-7H2,1-3H3. The number of aromatic nitrogens is 1. The van der Waals surface area contributed by atoms with Crippen molar-refractivity contribution in [2.75, 3.05) is 13.1 Å². The molecule has 0 spiro atoms. The average molecular weight is 238 g/mol. The second-order valence-electron chi connectivity index (χ2n) is 5.34. The first-order chi connectivity index (χ1) is 7.97. The summed E-state index contributed by atoms with van der Waals surface area (Å²) < 4.78 is 5.01. The van der Waals surface area contributed by atoms with Crippen LogP contribution in [0.2, 0.25) is 0 Å². The largest absolute Gasteiger partial charge is 0.396 e. The fourth-order valence-electron chi connectivity index (χ4n) is 1.67. The Kier molecular flexibility index (Phi) is 3.19. The smallest absolute Gasteiger partial charge is 0.362 e. The normalized spacial score (nSPS) is 17.4. The molecule has 5 nitrogen and oxygen atoms in total. The predicted octanol–water partition coefficient (Wildman–Crippen LogP) is 2.14. The van der Waals surface area contributed by atoms with E-state index in [1.54, 1.807) is 11.1 Å². The number of carbonyl (C=O) groups excluding carboxylic acids is 1. The van der Waals surface area contributed by atoms with Crippen molar-refractivity contribution in [2.24, 2.45) is 0 Å². The van der Waals surface area contributed by atoms with Crippen LogP contribution in [0, 0.1) is 0 Å². The first kappa shape index (κ1) is 12.1. The van der Waals surface area contributed by atoms with E-state index in [2.05, 4.69) is 5.16 Å². The molecule has 1 aliphatic rings. The summed E-state index contributed by atoms with van der Waals surface area (Å²) in [7, 11) is 0. The lowest BCUT2D eigenvalue weighted by molar-refractivity contribution is -0.0952. The summed E-state index contributed by atoms with van der Waals surface area (Å²) in [5.74, 6) is -0.295. The molecule has 17 heavy (non-hydrogen) atoms. The third-order valence-electron chi connectivity index (χ3n) is 2.76. The lowest BCUT2D eigenvalue weighted by Crippen LogP contribution is -2.23. The van der Waals surface area contributed by atoms with E-state index in [9.17, 15) is 4.79 Å². The third-order valence-corrected chi connectivity index (χ3v) is 2.76. The van der Waals surface area contributed by atoms with Crippen LogP contribution in [0.1, 0.15) is 49.9 Å². The second-order valence-corrected chi connectivity index (χ2v) is 5.34. The van der Waals surface area contributed by atoms with Gasteiger partial charge in [-0.15, -0.1) is 5.06 Å². The molecule has 1 saturated heterocycles. The summed E-state index contributed by atoms with van der Waals surface area (Å²) in [6.45, 7) is 7.64. The highest BCUT2D eigenvalue weighted by Crippen LogP contribution is 2.22. The molecule has 94 valence electrons. The summed E-state index contributed by atoms with van der Waals surface area (Å²) in [4.78, 5) is 16.9. The minimum absolute atomic E-state index is 0.129. The molecule has 0 saturated carbocycles. The lowest BCUT2D eigenvalue weighted by atomic mass is 9.92. The van der Waals surface area contributed by atoms with Crippen molar-refractivity contribution >= 4 is 5.97 Å². The predicted molar refractivity (Wildman–Crippen MR) is 61.4 cm³/mol. The van der Waals surface area contributed by atoms with Gasteiger partial charge in [0.2, 0.25) is 5.76 Å². The number of rotatable bonds is 2. The van der Waals surface area contributed by atoms with E-state index in [0.29, 0.717) is 0 Å². The maximum absolute atomic E-state index is 11.7. The average Bonchev–Trinajstić information content (AvgIpc) is 2.85. The number of carbonyl (C=O) groups is 1. The van der Waals surface area contributed by atoms with Crippen LogP contribution in [0.5, 0.6) is 0 Å². The number of hydrogen-bond acceptors (Lipinski definition) is 5. The molecular formula is C12H18N2O3. The summed E-state index contributed by atoms with van der Waals surface area (Å²) in [6, 6.07) is 1.65. The molecule has 2 heterocycles. The quantitative estimate of drug-likeness (QED) is 0.790. The fraction of sp³-hybridized carbons (Fsp3) is 0.667. The maximum Gasteiger partial charge on any atom is 0.396 e. The van der Waals surface area contributed by atoms with Crippen LogP contribution < -0.4 is 0 Å². The van der Waals surface area contributed by atoms with Crippen LogP contribution in [-0.2, 0) is 10.3 Å². The lowest BCUT2D eigenvalue weighted by Gasteiger charge is -2.13. The Morgan fingerprint density at radius 2 is 2.06 bits per heavy atom. The molecule has 0 aromatic carbocycles. The van der Waals surface area contributed by atoms with Crippen molar-refractivity contribution in [2.45, 2.75) is 39.0 Å². The molecule has 0 radical (unpaired) electrons. The molecule has 2 rings (SSSR count). The second kappa shape index (κ2) is 4.49. The maximum atomic E-state index is 11.7. The van der Waals surface area contributed by atoms with Crippen molar-refractivity contribution in [3.05, 3.63) is 17.5 Å². The highest BCUT2D eigenvalue weighted by Gasteiger charge is 2.24. The van der Waals surface area contributed by atoms with Crippen LogP contribution in [0.3, 0.4) is 0 Å². The molecule has 0 aliphatic carbocycles. The molecule has 1 aromatic heterocycles. The van der Waals surface area contributed by atoms with Gasteiger partial charge in [-0.1, -0.05) is 25.9 Å². The molecule has 0 unspecified atom stereocenters. The monoisotopic (exact) mass is 238 g/mol. The molecule has 1 aromatic rings. The highest BCUT2D eigenvalue weighted by atomic mass is 16.7. The Balaban J connectivity index is 2.01. The van der Waals surface area contributed by atoms with E-state index >= 15 is 0 Å². The Hall–Kier alpha value is -1.36. The molecule has 0 atom stereocenters. The van der Waals surface area contributed by atoms with E-state index in [1.807, 2.05) is 20.8 Å². The molecule has 1 fully saturated rings. The van der Waals surface area contributed by atoms with Crippen LogP contribution in [-0.4, -0.2) is 29.3 Å². The first-order valence-corrected chi connectivity index (χ1v) is 5.91. The minimum Gasteiger partial charge on any atom is -0.362 e. The fourth-order valence-corrected chi connectivity index (χ4v) is 1.67. The van der Waals surface area contributed by atoms with Gasteiger partial charge >= 0.3 is 5.97 Å². The Labute approximate surface area is 101 Å². The van der Waals surface area contributed by atoms with Gasteiger partial charge < -0.3 is 9.36 Å². The van der Waals surface area contributed by atoms with Crippen molar-refractivity contribution in [1.29, 1.82) is 0 Å². The summed E-state index contributed by atoms with van der Waals surface area (Å²) in [5.41, 5.74) is 0.626. The van der Waals surface area contributed by atoms with Crippen molar-refractivity contribution < 1.29 is 14.2 Å². The van der Waals surface area contributed by atoms with Crippen LogP contribution in [0.4, 0.5) is 0 Å². The molecule has 0 bridgehead atoms. The number of hydrogen-bond donors (Lipinski definition) is 0. The topological polar surface area (TPSA) is 55.6 Å². The van der Waals surface area contributed by atoms with E-state index in [-0.39, 0.29) is 11.2 Å². The summed E-state index contributed by atoms with van der Waals surface area (Å²) in [5, 5.41) is 5.56. The van der Waals surface area contributed by atoms with Crippen LogP contribution in [0.25, 0.3) is 0 Å². The Morgan fingerprint density at radius 1 is 1.41 bits per heavy atom. The van der Waals surface area contributed by atoms with E-state index in [0.717, 1.165) is 31.6 Å². The van der Waals surface area contributed by atoms with Gasteiger partial charge in [0.15, 0.2) is 0 Å². The Morgan fingerprint density at radius 3 is 2.59 bits per heavy atom. The van der Waals surface area contributed by atoms with Crippen molar-refractivity contribution in [3.8, 4) is 0 Å². The van der Waals surface area contributed by atoms with Gasteiger partial charge in [0.25, 0.3) is 0 Å². The van der Waals surface area contributed by atoms with Crippen LogP contribution in [0.15, 0.2) is 10.6 Å². The van der Waals surface area contributed by atoms with Gasteiger partial charge in [0.05, 0.1) is 5.69 Å². The summed E-state index contributed by atoms with van der Waals surface area (Å²) >= 11 is 0. The number of hydroxylamine groups is 2. The molecule has 1 aliphatic heterocycles. The molecule has 5 heteroatoms. The molecule has 0 N–H and O–H groups in total. The van der Waals surface area contributed by atoms with Crippen molar-refractivity contribution in [1.82, 2.24) is 10.2 Å². The zero-order chi connectivity index (χ0) is 12.5. The summed E-state index contributed by atoms with van der Waals surface area (Å²) in [6.07, 6.45) is 2.13. The first-order valence-electron chi connectivity index (χ1n) is 5.91. The van der Waals surface area contributed by atoms with Gasteiger partial charge in [-0.3, -0.25) is 0 Å². The van der Waals surface area contributed by atoms with E-state index < -0.39 is 5.97 Å². The van der Waals surface area contributed by atoms with Gasteiger partial charge in [0, 0.05) is 24.6 Å². The Bertz CT molecular complexity index is 400. The number of nitrogens with zero attached hydrogens (tertiary/aromatic N) is 2. The highest BCUT2D eigenvalue weighted by molar-refractivity contribution is 5.86. The third kappa shape index (κ3) is 2.85. The van der Waals surface area contributed by atoms with E-state index in [4.69, 9.17) is 9.36 Å². The van der Waals surface area contributed by atoms with Gasteiger partial charge in [-0.05, 0) is 12.8 Å². The molecular weight excluding hydrogens is 220 g/mol. The van der Waals surface area contributed by atoms with Gasteiger partial charge in [-0.25, -0.2) is 4.79 Å². The van der Waals surface area contributed by atoms with E-state index in [1.165, 1.54) is 0 Å². The van der Waals surface area contributed by atoms with Crippen LogP contribution >= 0.6 is 0 Å². The minimum atomic E-state index is -0.463. The zero-order valence-corrected chi connectivity index (χ0v) is 10.5. The zero-order valence-electron chi connectivity index (χ0n) is 10.5.